The van der Waals surface area contributed by atoms with Gasteiger partial charge in [0, 0.05) is 17.1 Å². The van der Waals surface area contributed by atoms with Crippen molar-refractivity contribution < 1.29 is 9.90 Å². The summed E-state index contributed by atoms with van der Waals surface area (Å²) < 4.78 is 0. The largest absolute Gasteiger partial charge is 0.507 e. The number of halogens is 1. The van der Waals surface area contributed by atoms with Gasteiger partial charge in [0.2, 0.25) is 5.91 Å². The van der Waals surface area contributed by atoms with Crippen LogP contribution in [0.15, 0.2) is 12.1 Å². The first-order valence-electron chi connectivity index (χ1n) is 5.46. The fourth-order valence-corrected chi connectivity index (χ4v) is 1.44. The minimum Gasteiger partial charge on any atom is -0.507 e. The molecule has 0 fully saturated rings. The third-order valence-corrected chi connectivity index (χ3v) is 3.50. The van der Waals surface area contributed by atoms with Gasteiger partial charge in [0.1, 0.15) is 5.75 Å². The number of aryl methyl sites for hydroxylation is 1. The van der Waals surface area contributed by atoms with Gasteiger partial charge < -0.3 is 10.4 Å². The number of carbonyl (C=O) groups is 1. The number of hydrogen-bond donors (Lipinski definition) is 2. The minimum absolute atomic E-state index is 0.154. The lowest BCUT2D eigenvalue weighted by Crippen LogP contribution is -2.32. The summed E-state index contributed by atoms with van der Waals surface area (Å²) in [6.45, 7) is 7.14. The van der Waals surface area contributed by atoms with E-state index in [9.17, 15) is 9.90 Å². The summed E-state index contributed by atoms with van der Waals surface area (Å²) in [5.41, 5.74) is 1.45. The summed E-state index contributed by atoms with van der Waals surface area (Å²) in [6, 6.07) is 3.55. The van der Waals surface area contributed by atoms with Crippen LogP contribution < -0.4 is 5.32 Å². The normalized spacial score (nSPS) is 11.4. The Bertz CT molecular complexity index is 441. The molecule has 94 valence electrons. The second-order valence-corrected chi connectivity index (χ2v) is 5.14. The smallest absolute Gasteiger partial charge is 0.231 e. The van der Waals surface area contributed by atoms with Crippen LogP contribution in [0.25, 0.3) is 0 Å². The highest BCUT2D eigenvalue weighted by molar-refractivity contribution is 6.20. The maximum atomic E-state index is 11.9. The van der Waals surface area contributed by atoms with E-state index in [-0.39, 0.29) is 17.5 Å². The van der Waals surface area contributed by atoms with Gasteiger partial charge in [-0.05, 0) is 39.3 Å². The Balaban J connectivity index is 2.98. The van der Waals surface area contributed by atoms with Gasteiger partial charge in [0.15, 0.2) is 0 Å². The van der Waals surface area contributed by atoms with Gasteiger partial charge in [0.25, 0.3) is 0 Å². The van der Waals surface area contributed by atoms with E-state index >= 15 is 0 Å². The Morgan fingerprint density at radius 3 is 2.53 bits per heavy atom. The summed E-state index contributed by atoms with van der Waals surface area (Å²) in [5.74, 6) is 0.306. The van der Waals surface area contributed by atoms with E-state index in [0.717, 1.165) is 5.56 Å². The molecule has 0 aliphatic carbocycles. The third kappa shape index (κ3) is 2.91. The first-order valence-corrected chi connectivity index (χ1v) is 5.99. The van der Waals surface area contributed by atoms with Crippen LogP contribution in [0.1, 0.15) is 25.0 Å². The standard InChI is InChI=1S/C13H18ClNO2/c1-8-5-6-10(9(2)11(8)16)15-12(17)13(3,4)7-14/h5-6,16H,7H2,1-4H3,(H,15,17). The van der Waals surface area contributed by atoms with Gasteiger partial charge in [-0.25, -0.2) is 0 Å². The molecule has 3 nitrogen and oxygen atoms in total. The van der Waals surface area contributed by atoms with Crippen molar-refractivity contribution in [1.29, 1.82) is 0 Å². The van der Waals surface area contributed by atoms with Crippen LogP contribution in [-0.4, -0.2) is 16.9 Å². The van der Waals surface area contributed by atoms with E-state index in [1.165, 1.54) is 0 Å². The monoisotopic (exact) mass is 255 g/mol. The van der Waals surface area contributed by atoms with Crippen molar-refractivity contribution >= 4 is 23.2 Å². The fourth-order valence-electron chi connectivity index (χ4n) is 1.32. The number of carbonyl (C=O) groups excluding carboxylic acids is 1. The number of phenolic OH excluding ortho intramolecular Hbond substituents is 1. The Labute approximate surface area is 107 Å². The van der Waals surface area contributed by atoms with Crippen molar-refractivity contribution in [2.45, 2.75) is 27.7 Å². The zero-order chi connectivity index (χ0) is 13.2. The van der Waals surface area contributed by atoms with Gasteiger partial charge in [-0.3, -0.25) is 4.79 Å². The highest BCUT2D eigenvalue weighted by Crippen LogP contribution is 2.29. The van der Waals surface area contributed by atoms with Crippen molar-refractivity contribution in [3.63, 3.8) is 0 Å². The maximum Gasteiger partial charge on any atom is 0.231 e. The number of rotatable bonds is 3. The van der Waals surface area contributed by atoms with Crippen LogP contribution in [-0.2, 0) is 4.79 Å². The van der Waals surface area contributed by atoms with E-state index in [2.05, 4.69) is 5.32 Å². The number of anilines is 1. The summed E-state index contributed by atoms with van der Waals surface area (Å²) >= 11 is 5.74. The molecule has 1 aromatic carbocycles. The summed E-state index contributed by atoms with van der Waals surface area (Å²) in [4.78, 5) is 11.9. The molecule has 2 N–H and O–H groups in total. The van der Waals surface area contributed by atoms with E-state index in [4.69, 9.17) is 11.6 Å². The Hall–Kier alpha value is -1.22. The molecular weight excluding hydrogens is 238 g/mol. The van der Waals surface area contributed by atoms with E-state index in [1.807, 2.05) is 6.92 Å². The molecule has 0 unspecified atom stereocenters. The van der Waals surface area contributed by atoms with Crippen molar-refractivity contribution in [3.05, 3.63) is 23.3 Å². The average molecular weight is 256 g/mol. The number of phenols is 1. The molecule has 0 saturated carbocycles. The molecule has 0 spiro atoms. The van der Waals surface area contributed by atoms with E-state index < -0.39 is 5.41 Å². The number of nitrogens with one attached hydrogen (secondary N) is 1. The topological polar surface area (TPSA) is 49.3 Å². The van der Waals surface area contributed by atoms with Gasteiger partial charge in [-0.1, -0.05) is 6.07 Å². The summed E-state index contributed by atoms with van der Waals surface area (Å²) in [5, 5.41) is 12.6. The lowest BCUT2D eigenvalue weighted by atomic mass is 9.95. The predicted octanol–water partition coefficient (Wildman–Crippen LogP) is 3.21. The lowest BCUT2D eigenvalue weighted by Gasteiger charge is -2.21. The molecule has 1 aromatic rings. The lowest BCUT2D eigenvalue weighted by molar-refractivity contribution is -0.122. The molecule has 0 bridgehead atoms. The van der Waals surface area contributed by atoms with Crippen LogP contribution in [0.4, 0.5) is 5.69 Å². The molecular formula is C13H18ClNO2. The van der Waals surface area contributed by atoms with Crippen molar-refractivity contribution in [1.82, 2.24) is 0 Å². The number of aromatic hydroxyl groups is 1. The average Bonchev–Trinajstić information content (AvgIpc) is 2.29. The SMILES string of the molecule is Cc1ccc(NC(=O)C(C)(C)CCl)c(C)c1O. The fraction of sp³-hybridized carbons (Fsp3) is 0.462. The van der Waals surface area contributed by atoms with E-state index in [0.29, 0.717) is 11.3 Å². The molecule has 17 heavy (non-hydrogen) atoms. The van der Waals surface area contributed by atoms with Gasteiger partial charge >= 0.3 is 0 Å². The highest BCUT2D eigenvalue weighted by atomic mass is 35.5. The number of benzene rings is 1. The first kappa shape index (κ1) is 13.8. The summed E-state index contributed by atoms with van der Waals surface area (Å²) in [6.07, 6.45) is 0. The van der Waals surface area contributed by atoms with Gasteiger partial charge in [0.05, 0.1) is 5.41 Å². The number of alkyl halides is 1. The van der Waals surface area contributed by atoms with Gasteiger partial charge in [-0.2, -0.15) is 0 Å². The van der Waals surface area contributed by atoms with Crippen molar-refractivity contribution in [2.24, 2.45) is 5.41 Å². The van der Waals surface area contributed by atoms with Crippen LogP contribution in [0, 0.1) is 19.3 Å². The third-order valence-electron chi connectivity index (χ3n) is 2.83. The zero-order valence-electron chi connectivity index (χ0n) is 10.6. The van der Waals surface area contributed by atoms with Crippen molar-refractivity contribution in [3.8, 4) is 5.75 Å². The second kappa shape index (κ2) is 4.96. The van der Waals surface area contributed by atoms with Crippen molar-refractivity contribution in [2.75, 3.05) is 11.2 Å². The maximum absolute atomic E-state index is 11.9. The quantitative estimate of drug-likeness (QED) is 0.815. The molecule has 0 radical (unpaired) electrons. The first-order chi connectivity index (χ1) is 7.79. The predicted molar refractivity (Wildman–Crippen MR) is 70.7 cm³/mol. The molecule has 0 aliphatic heterocycles. The molecule has 1 rings (SSSR count). The Morgan fingerprint density at radius 2 is 2.00 bits per heavy atom. The van der Waals surface area contributed by atoms with Crippen LogP contribution in [0.5, 0.6) is 5.75 Å². The highest BCUT2D eigenvalue weighted by Gasteiger charge is 2.27. The Morgan fingerprint density at radius 1 is 1.41 bits per heavy atom. The molecule has 0 heterocycles. The molecule has 4 heteroatoms. The molecule has 0 atom stereocenters. The van der Waals surface area contributed by atoms with Crippen LogP contribution >= 0.6 is 11.6 Å². The molecule has 0 aliphatic rings. The minimum atomic E-state index is -0.630. The molecule has 1 amide bonds. The van der Waals surface area contributed by atoms with Crippen LogP contribution in [0.2, 0.25) is 0 Å². The molecule has 0 aromatic heterocycles. The Kier molecular flexibility index (Phi) is 4.04. The number of hydrogen-bond acceptors (Lipinski definition) is 2. The molecule has 0 saturated heterocycles. The second-order valence-electron chi connectivity index (χ2n) is 4.88. The zero-order valence-corrected chi connectivity index (χ0v) is 11.4. The number of amides is 1. The van der Waals surface area contributed by atoms with E-state index in [1.54, 1.807) is 32.9 Å². The van der Waals surface area contributed by atoms with Gasteiger partial charge in [-0.15, -0.1) is 11.6 Å². The summed E-state index contributed by atoms with van der Waals surface area (Å²) in [7, 11) is 0. The van der Waals surface area contributed by atoms with Crippen LogP contribution in [0.3, 0.4) is 0 Å².